The molecule has 0 aliphatic rings. The van der Waals surface area contributed by atoms with Gasteiger partial charge in [0, 0.05) is 5.56 Å². The van der Waals surface area contributed by atoms with Crippen LogP contribution >= 0.6 is 0 Å². The van der Waals surface area contributed by atoms with E-state index < -0.39 is 17.9 Å². The lowest BCUT2D eigenvalue weighted by molar-refractivity contribution is -0.149. The molecule has 0 N–H and O–H groups in total. The Kier molecular flexibility index (Phi) is 7.00. The number of ether oxygens (including phenoxy) is 3. The van der Waals surface area contributed by atoms with Crippen molar-refractivity contribution >= 4 is 11.8 Å². The van der Waals surface area contributed by atoms with Gasteiger partial charge in [-0.1, -0.05) is 72.8 Å². The Morgan fingerprint density at radius 3 is 2.03 bits per heavy atom. The molecule has 29 heavy (non-hydrogen) atoms. The van der Waals surface area contributed by atoms with Crippen molar-refractivity contribution in [1.82, 2.24) is 0 Å². The summed E-state index contributed by atoms with van der Waals surface area (Å²) in [7, 11) is 0. The molecule has 5 nitrogen and oxygen atoms in total. The third-order valence-corrected chi connectivity index (χ3v) is 4.13. The predicted molar refractivity (Wildman–Crippen MR) is 109 cm³/mol. The molecule has 148 valence electrons. The molecule has 3 aromatic rings. The third-order valence-electron chi connectivity index (χ3n) is 4.13. The molecule has 0 aliphatic heterocycles. The quantitative estimate of drug-likeness (QED) is 0.307. The Balaban J connectivity index is 1.82. The van der Waals surface area contributed by atoms with Crippen LogP contribution in [0.1, 0.15) is 22.8 Å². The van der Waals surface area contributed by atoms with Crippen LogP contribution in [0.25, 0.3) is 0 Å². The fourth-order valence-electron chi connectivity index (χ4n) is 2.71. The average Bonchev–Trinajstić information content (AvgIpc) is 2.77. The maximum atomic E-state index is 12.9. The van der Waals surface area contributed by atoms with Crippen molar-refractivity contribution in [3.8, 4) is 11.5 Å². The van der Waals surface area contributed by atoms with Gasteiger partial charge in [0.2, 0.25) is 5.78 Å². The van der Waals surface area contributed by atoms with Crippen molar-refractivity contribution in [3.63, 3.8) is 0 Å². The highest BCUT2D eigenvalue weighted by Crippen LogP contribution is 2.29. The van der Waals surface area contributed by atoms with Gasteiger partial charge in [0.15, 0.2) is 11.5 Å². The normalized spacial score (nSPS) is 11.3. The summed E-state index contributed by atoms with van der Waals surface area (Å²) in [6.07, 6.45) is -1.42. The predicted octanol–water partition coefficient (Wildman–Crippen LogP) is 4.46. The van der Waals surface area contributed by atoms with Crippen molar-refractivity contribution < 1.29 is 23.8 Å². The minimum Gasteiger partial charge on any atom is -0.485 e. The molecule has 0 saturated heterocycles. The topological polar surface area (TPSA) is 61.8 Å². The van der Waals surface area contributed by atoms with E-state index in [2.05, 4.69) is 0 Å². The van der Waals surface area contributed by atoms with E-state index in [-0.39, 0.29) is 6.61 Å². The number of hydrogen-bond acceptors (Lipinski definition) is 5. The molecule has 0 unspecified atom stereocenters. The SMILES string of the molecule is CCOC(=O)[C@H](Oc1ccccc1OCc1ccccc1)C(=O)c1ccccc1. The minimum absolute atomic E-state index is 0.146. The fourth-order valence-corrected chi connectivity index (χ4v) is 2.71. The molecule has 0 fully saturated rings. The molecule has 0 saturated carbocycles. The highest BCUT2D eigenvalue weighted by Gasteiger charge is 2.32. The summed E-state index contributed by atoms with van der Waals surface area (Å²) >= 11 is 0. The number of esters is 1. The van der Waals surface area contributed by atoms with Crippen LogP contribution in [0.5, 0.6) is 11.5 Å². The zero-order chi connectivity index (χ0) is 20.5. The first kappa shape index (κ1) is 20.1. The smallest absolute Gasteiger partial charge is 0.355 e. The molecule has 5 heteroatoms. The van der Waals surface area contributed by atoms with Gasteiger partial charge >= 0.3 is 5.97 Å². The van der Waals surface area contributed by atoms with Gasteiger partial charge < -0.3 is 14.2 Å². The van der Waals surface area contributed by atoms with Crippen LogP contribution in [0.4, 0.5) is 0 Å². The van der Waals surface area contributed by atoms with Crippen LogP contribution in [0.15, 0.2) is 84.9 Å². The van der Waals surface area contributed by atoms with Gasteiger partial charge in [-0.25, -0.2) is 4.79 Å². The zero-order valence-corrected chi connectivity index (χ0v) is 16.1. The van der Waals surface area contributed by atoms with Crippen molar-refractivity contribution in [1.29, 1.82) is 0 Å². The minimum atomic E-state index is -1.42. The Bertz CT molecular complexity index is 938. The maximum Gasteiger partial charge on any atom is 0.355 e. The first-order chi connectivity index (χ1) is 14.2. The van der Waals surface area contributed by atoms with Gasteiger partial charge in [0.1, 0.15) is 6.61 Å². The molecule has 0 bridgehead atoms. The van der Waals surface area contributed by atoms with Gasteiger partial charge in [0.25, 0.3) is 6.10 Å². The van der Waals surface area contributed by atoms with Crippen LogP contribution in [-0.2, 0) is 16.1 Å². The van der Waals surface area contributed by atoms with Gasteiger partial charge in [-0.2, -0.15) is 0 Å². The lowest BCUT2D eigenvalue weighted by Crippen LogP contribution is -2.37. The van der Waals surface area contributed by atoms with Crippen molar-refractivity contribution in [2.24, 2.45) is 0 Å². The summed E-state index contributed by atoms with van der Waals surface area (Å²) in [5, 5.41) is 0. The lowest BCUT2D eigenvalue weighted by atomic mass is 10.1. The standard InChI is InChI=1S/C24H22O5/c1-2-27-24(26)23(22(25)19-13-7-4-8-14-19)29-21-16-10-9-15-20(21)28-17-18-11-5-3-6-12-18/h3-16,23H,2,17H2,1H3/t23-/m1/s1. The fraction of sp³-hybridized carbons (Fsp3) is 0.167. The monoisotopic (exact) mass is 390 g/mol. The van der Waals surface area contributed by atoms with Crippen LogP contribution in [0.3, 0.4) is 0 Å². The third kappa shape index (κ3) is 5.45. The lowest BCUT2D eigenvalue weighted by Gasteiger charge is -2.19. The molecular weight excluding hydrogens is 368 g/mol. The van der Waals surface area contributed by atoms with Gasteiger partial charge in [-0.3, -0.25) is 4.79 Å². The molecule has 3 aromatic carbocycles. The summed E-state index contributed by atoms with van der Waals surface area (Å²) in [4.78, 5) is 25.3. The van der Waals surface area contributed by atoms with Crippen LogP contribution < -0.4 is 9.47 Å². The second-order valence-corrected chi connectivity index (χ2v) is 6.20. The van der Waals surface area contributed by atoms with E-state index in [1.165, 1.54) is 0 Å². The number of carbonyl (C=O) groups excluding carboxylic acids is 2. The van der Waals surface area contributed by atoms with E-state index in [0.717, 1.165) is 5.56 Å². The van der Waals surface area contributed by atoms with Crippen LogP contribution in [-0.4, -0.2) is 24.5 Å². The number of carbonyl (C=O) groups is 2. The average molecular weight is 390 g/mol. The largest absolute Gasteiger partial charge is 0.485 e. The summed E-state index contributed by atoms with van der Waals surface area (Å²) < 4.78 is 16.7. The Morgan fingerprint density at radius 1 is 0.793 bits per heavy atom. The second-order valence-electron chi connectivity index (χ2n) is 6.20. The van der Waals surface area contributed by atoms with E-state index in [1.807, 2.05) is 30.3 Å². The summed E-state index contributed by atoms with van der Waals surface area (Å²) in [6.45, 7) is 2.16. The van der Waals surface area contributed by atoms with Gasteiger partial charge in [0.05, 0.1) is 6.61 Å². The number of Topliss-reactive ketones (excluding diaryl/α,β-unsaturated/α-hetero) is 1. The summed E-state index contributed by atoms with van der Waals surface area (Å²) in [5.41, 5.74) is 1.36. The summed E-state index contributed by atoms with van der Waals surface area (Å²) in [5.74, 6) is -0.474. The molecule has 0 amide bonds. The zero-order valence-electron chi connectivity index (χ0n) is 16.1. The van der Waals surface area contributed by atoms with Crippen molar-refractivity contribution in [2.75, 3.05) is 6.61 Å². The van der Waals surface area contributed by atoms with E-state index >= 15 is 0 Å². The van der Waals surface area contributed by atoms with Crippen LogP contribution in [0.2, 0.25) is 0 Å². The highest BCUT2D eigenvalue weighted by molar-refractivity contribution is 6.11. The first-order valence-corrected chi connectivity index (χ1v) is 9.37. The molecule has 0 radical (unpaired) electrons. The van der Waals surface area contributed by atoms with E-state index in [9.17, 15) is 9.59 Å². The Morgan fingerprint density at radius 2 is 1.38 bits per heavy atom. The van der Waals surface area contributed by atoms with E-state index in [0.29, 0.717) is 23.7 Å². The van der Waals surface area contributed by atoms with Crippen molar-refractivity contribution in [3.05, 3.63) is 96.1 Å². The number of rotatable bonds is 9. The van der Waals surface area contributed by atoms with Gasteiger partial charge in [-0.05, 0) is 24.6 Å². The van der Waals surface area contributed by atoms with Crippen molar-refractivity contribution in [2.45, 2.75) is 19.6 Å². The van der Waals surface area contributed by atoms with E-state index in [1.54, 1.807) is 61.5 Å². The number of para-hydroxylation sites is 2. The van der Waals surface area contributed by atoms with E-state index in [4.69, 9.17) is 14.2 Å². The second kappa shape index (κ2) is 10.1. The number of benzene rings is 3. The van der Waals surface area contributed by atoms with Gasteiger partial charge in [-0.15, -0.1) is 0 Å². The molecule has 0 aromatic heterocycles. The molecular formula is C24H22O5. The Hall–Kier alpha value is -3.60. The molecule has 0 spiro atoms. The highest BCUT2D eigenvalue weighted by atomic mass is 16.6. The Labute approximate surface area is 169 Å². The molecule has 0 heterocycles. The summed E-state index contributed by atoms with van der Waals surface area (Å²) in [6, 6.07) is 25.1. The van der Waals surface area contributed by atoms with Crippen LogP contribution in [0, 0.1) is 0 Å². The molecule has 0 aliphatic carbocycles. The molecule has 3 rings (SSSR count). The first-order valence-electron chi connectivity index (χ1n) is 9.37. The number of ketones is 1. The molecule has 1 atom stereocenters. The maximum absolute atomic E-state index is 12.9. The number of hydrogen-bond donors (Lipinski definition) is 0.